The Morgan fingerprint density at radius 2 is 1.73 bits per heavy atom. The van der Waals surface area contributed by atoms with Crippen LogP contribution in [0.5, 0.6) is 0 Å². The van der Waals surface area contributed by atoms with E-state index in [0.29, 0.717) is 11.8 Å². The maximum atomic E-state index is 12.7. The lowest BCUT2D eigenvalue weighted by molar-refractivity contribution is -0.145. The molecule has 0 fully saturated rings. The van der Waals surface area contributed by atoms with E-state index in [9.17, 15) is 23.6 Å². The molecule has 0 bridgehead atoms. The molecule has 1 atom stereocenters. The second-order valence-electron chi connectivity index (χ2n) is 5.47. The smallest absolute Gasteiger partial charge is 0.347 e. The van der Waals surface area contributed by atoms with E-state index in [4.69, 9.17) is 5.11 Å². The molecule has 9 heteroatoms. The number of alkyl halides is 1. The monoisotopic (exact) mass is 336 g/mol. The first kappa shape index (κ1) is 20.4. The van der Waals surface area contributed by atoms with E-state index in [2.05, 4.69) is 10.6 Å². The lowest BCUT2D eigenvalue weighted by Gasteiger charge is -2.17. The maximum Gasteiger partial charge on any atom is 0.347 e. The van der Waals surface area contributed by atoms with E-state index in [1.165, 1.54) is 0 Å². The molecule has 2 amide bonds. The minimum absolute atomic E-state index is 0.0760. The van der Waals surface area contributed by atoms with E-state index in [1.54, 1.807) is 20.8 Å². The van der Waals surface area contributed by atoms with E-state index in [0.717, 1.165) is 0 Å². The number of thioether (sulfide) groups is 1. The molecule has 0 aliphatic heterocycles. The fraction of sp³-hybridized carbons (Fsp3) is 0.692. The van der Waals surface area contributed by atoms with Crippen LogP contribution in [-0.4, -0.2) is 53.0 Å². The number of rotatable bonds is 8. The van der Waals surface area contributed by atoms with Crippen LogP contribution in [0.15, 0.2) is 0 Å². The zero-order valence-corrected chi connectivity index (χ0v) is 13.6. The molecule has 22 heavy (non-hydrogen) atoms. The van der Waals surface area contributed by atoms with E-state index < -0.39 is 22.7 Å². The van der Waals surface area contributed by atoms with Crippen molar-refractivity contribution in [1.29, 1.82) is 0 Å². The van der Waals surface area contributed by atoms with Crippen molar-refractivity contribution in [2.45, 2.75) is 33.4 Å². The van der Waals surface area contributed by atoms with Gasteiger partial charge in [0.05, 0.1) is 0 Å². The van der Waals surface area contributed by atoms with Crippen LogP contribution in [0.3, 0.4) is 0 Å². The van der Waals surface area contributed by atoms with Crippen molar-refractivity contribution in [3.63, 3.8) is 0 Å². The molecule has 0 heterocycles. The van der Waals surface area contributed by atoms with Gasteiger partial charge in [-0.2, -0.15) is 0 Å². The topological polar surface area (TPSA) is 113 Å². The van der Waals surface area contributed by atoms with Gasteiger partial charge < -0.3 is 15.7 Å². The first-order chi connectivity index (χ1) is 10.1. The largest absolute Gasteiger partial charge is 0.479 e. The van der Waals surface area contributed by atoms with Gasteiger partial charge in [0.25, 0.3) is 6.17 Å². The predicted octanol–water partition coefficient (Wildman–Crippen LogP) is 0.338. The molecule has 0 saturated carbocycles. The minimum atomic E-state index is -2.55. The number of carboxylic acids is 1. The molecule has 0 rings (SSSR count). The number of hydrogen-bond donors (Lipinski definition) is 3. The Morgan fingerprint density at radius 1 is 1.14 bits per heavy atom. The van der Waals surface area contributed by atoms with Crippen LogP contribution < -0.4 is 10.6 Å². The van der Waals surface area contributed by atoms with Crippen LogP contribution in [0.2, 0.25) is 0 Å². The van der Waals surface area contributed by atoms with Crippen molar-refractivity contribution in [3.05, 3.63) is 0 Å². The zero-order chi connectivity index (χ0) is 17.3. The molecule has 0 saturated heterocycles. The van der Waals surface area contributed by atoms with Gasteiger partial charge in [0.15, 0.2) is 0 Å². The Labute approximate surface area is 132 Å². The van der Waals surface area contributed by atoms with Gasteiger partial charge in [-0.1, -0.05) is 32.5 Å². The number of carboxylic acid groups (broad SMARTS) is 1. The second-order valence-corrected chi connectivity index (χ2v) is 6.57. The summed E-state index contributed by atoms with van der Waals surface area (Å²) in [6.07, 6.45) is -2.46. The number of aliphatic carboxylic acids is 1. The van der Waals surface area contributed by atoms with Crippen LogP contribution in [0, 0.1) is 5.41 Å². The summed E-state index contributed by atoms with van der Waals surface area (Å²) in [6.45, 7) is 5.57. The summed E-state index contributed by atoms with van der Waals surface area (Å²) in [4.78, 5) is 44.2. The van der Waals surface area contributed by atoms with E-state index in [1.807, 2.05) is 0 Å². The summed E-state index contributed by atoms with van der Waals surface area (Å²) in [6, 6.07) is 0. The van der Waals surface area contributed by atoms with Crippen LogP contribution in [0.1, 0.15) is 27.2 Å². The Bertz CT molecular complexity index is 437. The summed E-state index contributed by atoms with van der Waals surface area (Å²) in [7, 11) is 0. The van der Waals surface area contributed by atoms with Crippen molar-refractivity contribution in [1.82, 2.24) is 10.6 Å². The van der Waals surface area contributed by atoms with Gasteiger partial charge in [0.1, 0.15) is 0 Å². The zero-order valence-electron chi connectivity index (χ0n) is 12.8. The number of halogens is 1. The molecule has 0 aromatic heterocycles. The third kappa shape index (κ3) is 8.60. The van der Waals surface area contributed by atoms with Crippen LogP contribution in [0.4, 0.5) is 4.39 Å². The van der Waals surface area contributed by atoms with Crippen LogP contribution in [-0.2, 0) is 19.2 Å². The summed E-state index contributed by atoms with van der Waals surface area (Å²) in [5, 5.41) is 12.3. The third-order valence-electron chi connectivity index (χ3n) is 2.41. The lowest BCUT2D eigenvalue weighted by atomic mass is 9.96. The van der Waals surface area contributed by atoms with Gasteiger partial charge >= 0.3 is 5.97 Å². The van der Waals surface area contributed by atoms with Crippen molar-refractivity contribution in [2.75, 3.05) is 18.8 Å². The van der Waals surface area contributed by atoms with Gasteiger partial charge in [-0.25, -0.2) is 9.18 Å². The summed E-state index contributed by atoms with van der Waals surface area (Å²) in [5.41, 5.74) is -0.527. The number of hydrogen-bond acceptors (Lipinski definition) is 5. The summed E-state index contributed by atoms with van der Waals surface area (Å²) < 4.78 is 12.7. The van der Waals surface area contributed by atoms with E-state index >= 15 is 0 Å². The number of carbonyl (C=O) groups is 4. The Hall–Kier alpha value is -1.64. The van der Waals surface area contributed by atoms with Gasteiger partial charge in [-0.05, 0) is 0 Å². The number of nitrogens with one attached hydrogen (secondary N) is 2. The summed E-state index contributed by atoms with van der Waals surface area (Å²) >= 11 is 0.508. The fourth-order valence-electron chi connectivity index (χ4n) is 1.16. The quantitative estimate of drug-likeness (QED) is 0.435. The fourth-order valence-corrected chi connectivity index (χ4v) is 1.81. The highest BCUT2D eigenvalue weighted by atomic mass is 32.2. The molecule has 0 aliphatic rings. The minimum Gasteiger partial charge on any atom is -0.479 e. The molecule has 0 aliphatic carbocycles. The predicted molar refractivity (Wildman–Crippen MR) is 80.1 cm³/mol. The van der Waals surface area contributed by atoms with Crippen molar-refractivity contribution in [3.8, 4) is 0 Å². The molecule has 7 nitrogen and oxygen atoms in total. The van der Waals surface area contributed by atoms with Gasteiger partial charge in [0, 0.05) is 30.7 Å². The summed E-state index contributed by atoms with van der Waals surface area (Å²) in [5.74, 6) is -2.23. The van der Waals surface area contributed by atoms with Crippen LogP contribution >= 0.6 is 11.8 Å². The Balaban J connectivity index is 3.77. The SMILES string of the molecule is CC(C)(C)C(=O)NCCC(=O)NCCSC(=O)C(F)C(=O)O. The van der Waals surface area contributed by atoms with E-state index in [-0.39, 0.29) is 37.1 Å². The number of amides is 2. The standard InChI is InChI=1S/C13H21FN2O5S/c1-13(2,3)12(21)16-5-4-8(17)15-6-7-22-11(20)9(14)10(18)19/h9H,4-7H2,1-3H3,(H,15,17)(H,16,21)(H,18,19). The molecule has 0 aromatic rings. The van der Waals surface area contributed by atoms with Crippen molar-refractivity contribution < 1.29 is 28.7 Å². The van der Waals surface area contributed by atoms with Crippen molar-refractivity contribution in [2.24, 2.45) is 5.41 Å². The average Bonchev–Trinajstić information content (AvgIpc) is 2.41. The molecule has 0 spiro atoms. The highest BCUT2D eigenvalue weighted by molar-refractivity contribution is 8.13. The third-order valence-corrected chi connectivity index (χ3v) is 3.31. The second kappa shape index (κ2) is 9.39. The molecule has 1 unspecified atom stereocenters. The molecule has 0 radical (unpaired) electrons. The molecule has 3 N–H and O–H groups in total. The maximum absolute atomic E-state index is 12.7. The Morgan fingerprint density at radius 3 is 2.23 bits per heavy atom. The average molecular weight is 336 g/mol. The molecular weight excluding hydrogens is 315 g/mol. The highest BCUT2D eigenvalue weighted by Gasteiger charge is 2.25. The highest BCUT2D eigenvalue weighted by Crippen LogP contribution is 2.12. The van der Waals surface area contributed by atoms with Crippen molar-refractivity contribution >= 4 is 34.7 Å². The van der Waals surface area contributed by atoms with Gasteiger partial charge in [0.2, 0.25) is 16.9 Å². The molecular formula is C13H21FN2O5S. The lowest BCUT2D eigenvalue weighted by Crippen LogP contribution is -2.37. The van der Waals surface area contributed by atoms with Crippen LogP contribution in [0.25, 0.3) is 0 Å². The Kier molecular flexibility index (Phi) is 8.69. The van der Waals surface area contributed by atoms with Gasteiger partial charge in [-0.15, -0.1) is 0 Å². The first-order valence-electron chi connectivity index (χ1n) is 6.64. The number of carbonyl (C=O) groups excluding carboxylic acids is 3. The van der Waals surface area contributed by atoms with Gasteiger partial charge in [-0.3, -0.25) is 14.4 Å². The first-order valence-corrected chi connectivity index (χ1v) is 7.62. The molecule has 126 valence electrons. The molecule has 0 aromatic carbocycles. The normalized spacial score (nSPS) is 12.4.